The van der Waals surface area contributed by atoms with E-state index < -0.39 is 0 Å². The molecular weight excluding hydrogens is 282 g/mol. The van der Waals surface area contributed by atoms with Gasteiger partial charge in [-0.3, -0.25) is 4.90 Å². The molecule has 3 rings (SSSR count). The zero-order chi connectivity index (χ0) is 16.2. The third-order valence-electron chi connectivity index (χ3n) is 5.00. The van der Waals surface area contributed by atoms with Crippen molar-refractivity contribution in [2.45, 2.75) is 45.7 Å². The summed E-state index contributed by atoms with van der Waals surface area (Å²) in [6.07, 6.45) is 2.13. The quantitative estimate of drug-likeness (QED) is 0.771. The van der Waals surface area contributed by atoms with Gasteiger partial charge in [0.05, 0.1) is 6.61 Å². The predicted molar refractivity (Wildman–Crippen MR) is 96.0 cm³/mol. The van der Waals surface area contributed by atoms with Crippen LogP contribution in [0.15, 0.2) is 48.5 Å². The maximum Gasteiger partial charge on any atom is 0.122 e. The summed E-state index contributed by atoms with van der Waals surface area (Å²) in [7, 11) is 0. The average molecular weight is 309 g/mol. The van der Waals surface area contributed by atoms with Gasteiger partial charge in [0.15, 0.2) is 0 Å². The molecule has 2 aromatic rings. The van der Waals surface area contributed by atoms with Crippen LogP contribution in [-0.4, -0.2) is 24.1 Å². The minimum absolute atomic E-state index is 0.439. The Kier molecular flexibility index (Phi) is 5.02. The van der Waals surface area contributed by atoms with E-state index in [0.29, 0.717) is 12.1 Å². The molecule has 1 heterocycles. The summed E-state index contributed by atoms with van der Waals surface area (Å²) in [5, 5.41) is 0. The summed E-state index contributed by atoms with van der Waals surface area (Å²) in [6, 6.07) is 18.4. The highest BCUT2D eigenvalue weighted by Gasteiger charge is 2.21. The molecule has 1 aliphatic rings. The molecule has 0 aromatic heterocycles. The molecule has 0 N–H and O–H groups in total. The van der Waals surface area contributed by atoms with Gasteiger partial charge in [-0.1, -0.05) is 49.4 Å². The lowest BCUT2D eigenvalue weighted by atomic mass is 9.99. The maximum absolute atomic E-state index is 5.61. The van der Waals surface area contributed by atoms with Crippen molar-refractivity contribution in [3.8, 4) is 5.75 Å². The summed E-state index contributed by atoms with van der Waals surface area (Å²) < 4.78 is 5.61. The Labute approximate surface area is 140 Å². The predicted octanol–water partition coefficient (Wildman–Crippen LogP) is 4.64. The number of rotatable bonds is 6. The molecule has 0 saturated heterocycles. The molecule has 0 fully saturated rings. The number of hydrogen-bond donors (Lipinski definition) is 0. The molecule has 2 aromatic carbocycles. The van der Waals surface area contributed by atoms with Gasteiger partial charge in [-0.05, 0) is 49.6 Å². The Bertz CT molecular complexity index is 638. The Balaban J connectivity index is 1.71. The number of ether oxygens (including phenoxy) is 1. The van der Waals surface area contributed by atoms with Crippen LogP contribution in [0.1, 0.15) is 43.5 Å². The van der Waals surface area contributed by atoms with Gasteiger partial charge in [0.1, 0.15) is 5.75 Å². The molecule has 0 aliphatic carbocycles. The number of nitrogens with zero attached hydrogens (tertiary/aromatic N) is 1. The van der Waals surface area contributed by atoms with Crippen molar-refractivity contribution < 1.29 is 4.74 Å². The lowest BCUT2D eigenvalue weighted by molar-refractivity contribution is 0.162. The smallest absolute Gasteiger partial charge is 0.122 e. The molecule has 2 nitrogen and oxygen atoms in total. The van der Waals surface area contributed by atoms with Gasteiger partial charge in [-0.15, -0.1) is 0 Å². The van der Waals surface area contributed by atoms with E-state index in [2.05, 4.69) is 74.2 Å². The van der Waals surface area contributed by atoms with Crippen LogP contribution in [0, 0.1) is 0 Å². The maximum atomic E-state index is 5.61. The molecule has 2 heteroatoms. The highest BCUT2D eigenvalue weighted by molar-refractivity contribution is 5.40. The largest absolute Gasteiger partial charge is 0.493 e. The van der Waals surface area contributed by atoms with Crippen LogP contribution >= 0.6 is 0 Å². The minimum atomic E-state index is 0.439. The fraction of sp³-hybridized carbons (Fsp3) is 0.429. The Morgan fingerprint density at radius 2 is 1.87 bits per heavy atom. The molecule has 0 bridgehead atoms. The first kappa shape index (κ1) is 16.1. The number of fused-ring (bicyclic) bond motifs is 1. The second kappa shape index (κ2) is 7.18. The molecule has 0 unspecified atom stereocenters. The summed E-state index contributed by atoms with van der Waals surface area (Å²) in [4.78, 5) is 2.58. The lowest BCUT2D eigenvalue weighted by Gasteiger charge is -2.34. The normalized spacial score (nSPS) is 16.0. The van der Waals surface area contributed by atoms with Crippen molar-refractivity contribution in [2.24, 2.45) is 0 Å². The molecule has 122 valence electrons. The van der Waals surface area contributed by atoms with Crippen LogP contribution in [-0.2, 0) is 12.8 Å². The first-order valence-corrected chi connectivity index (χ1v) is 8.74. The Morgan fingerprint density at radius 3 is 2.61 bits per heavy atom. The van der Waals surface area contributed by atoms with E-state index >= 15 is 0 Å². The van der Waals surface area contributed by atoms with Crippen molar-refractivity contribution in [1.82, 2.24) is 4.90 Å². The highest BCUT2D eigenvalue weighted by Crippen LogP contribution is 2.28. The van der Waals surface area contributed by atoms with Gasteiger partial charge >= 0.3 is 0 Å². The zero-order valence-corrected chi connectivity index (χ0v) is 14.5. The number of benzene rings is 2. The highest BCUT2D eigenvalue weighted by atomic mass is 16.5. The summed E-state index contributed by atoms with van der Waals surface area (Å²) in [6.45, 7) is 8.80. The van der Waals surface area contributed by atoms with E-state index in [4.69, 9.17) is 4.74 Å². The van der Waals surface area contributed by atoms with Crippen LogP contribution in [0.3, 0.4) is 0 Å². The molecule has 23 heavy (non-hydrogen) atoms. The molecular formula is C21H27NO. The van der Waals surface area contributed by atoms with Crippen molar-refractivity contribution in [2.75, 3.05) is 13.2 Å². The van der Waals surface area contributed by atoms with Crippen molar-refractivity contribution in [3.63, 3.8) is 0 Å². The van der Waals surface area contributed by atoms with Crippen molar-refractivity contribution >= 4 is 0 Å². The molecule has 0 radical (unpaired) electrons. The average Bonchev–Trinajstić information content (AvgIpc) is 3.04. The Morgan fingerprint density at radius 1 is 1.09 bits per heavy atom. The van der Waals surface area contributed by atoms with Crippen LogP contribution in [0.25, 0.3) is 0 Å². The van der Waals surface area contributed by atoms with Gasteiger partial charge in [0, 0.05) is 18.5 Å². The summed E-state index contributed by atoms with van der Waals surface area (Å²) in [5.41, 5.74) is 4.18. The van der Waals surface area contributed by atoms with E-state index in [1.165, 1.54) is 16.7 Å². The van der Waals surface area contributed by atoms with Crippen LogP contribution < -0.4 is 4.74 Å². The molecule has 2 atom stereocenters. The third-order valence-corrected chi connectivity index (χ3v) is 5.00. The standard InChI is InChI=1S/C21H27NO/c1-4-22(17(3)19-8-6-5-7-9-19)16(2)14-18-10-11-21-20(15-18)12-13-23-21/h5-11,15-17H,4,12-14H2,1-3H3/t16-,17-/m0/s1. The summed E-state index contributed by atoms with van der Waals surface area (Å²) >= 11 is 0. The molecule has 0 amide bonds. The fourth-order valence-electron chi connectivity index (χ4n) is 3.72. The van der Waals surface area contributed by atoms with E-state index in [0.717, 1.165) is 31.7 Å². The van der Waals surface area contributed by atoms with Gasteiger partial charge < -0.3 is 4.74 Å². The van der Waals surface area contributed by atoms with Gasteiger partial charge in [0.25, 0.3) is 0 Å². The number of hydrogen-bond acceptors (Lipinski definition) is 2. The van der Waals surface area contributed by atoms with E-state index in [-0.39, 0.29) is 0 Å². The lowest BCUT2D eigenvalue weighted by Crippen LogP contribution is -2.36. The monoisotopic (exact) mass is 309 g/mol. The molecule has 0 saturated carbocycles. The topological polar surface area (TPSA) is 12.5 Å². The second-order valence-electron chi connectivity index (χ2n) is 6.51. The van der Waals surface area contributed by atoms with Gasteiger partial charge in [0.2, 0.25) is 0 Å². The van der Waals surface area contributed by atoms with Crippen molar-refractivity contribution in [1.29, 1.82) is 0 Å². The van der Waals surface area contributed by atoms with Gasteiger partial charge in [-0.2, -0.15) is 0 Å². The zero-order valence-electron chi connectivity index (χ0n) is 14.5. The second-order valence-corrected chi connectivity index (χ2v) is 6.51. The van der Waals surface area contributed by atoms with Crippen LogP contribution in [0.5, 0.6) is 5.75 Å². The Hall–Kier alpha value is -1.80. The summed E-state index contributed by atoms with van der Waals surface area (Å²) in [5.74, 6) is 1.08. The van der Waals surface area contributed by atoms with Gasteiger partial charge in [-0.25, -0.2) is 0 Å². The first-order chi connectivity index (χ1) is 11.2. The number of likely N-dealkylation sites (N-methyl/N-ethyl adjacent to an activating group) is 1. The van der Waals surface area contributed by atoms with E-state index in [1.54, 1.807) is 0 Å². The third kappa shape index (κ3) is 3.59. The SMILES string of the molecule is CCN([C@@H](C)Cc1ccc2c(c1)CCO2)[C@@H](C)c1ccccc1. The van der Waals surface area contributed by atoms with E-state index in [1.807, 2.05) is 0 Å². The first-order valence-electron chi connectivity index (χ1n) is 8.74. The van der Waals surface area contributed by atoms with Crippen LogP contribution in [0.4, 0.5) is 0 Å². The van der Waals surface area contributed by atoms with Crippen LogP contribution in [0.2, 0.25) is 0 Å². The fourth-order valence-corrected chi connectivity index (χ4v) is 3.72. The molecule has 1 aliphatic heterocycles. The van der Waals surface area contributed by atoms with Crippen molar-refractivity contribution in [3.05, 3.63) is 65.2 Å². The minimum Gasteiger partial charge on any atom is -0.493 e. The molecule has 0 spiro atoms. The van der Waals surface area contributed by atoms with E-state index in [9.17, 15) is 0 Å².